The number of alkyl halides is 5. The van der Waals surface area contributed by atoms with Gasteiger partial charge < -0.3 is 14.9 Å². The van der Waals surface area contributed by atoms with Crippen molar-refractivity contribution in [2.24, 2.45) is 0 Å². The summed E-state index contributed by atoms with van der Waals surface area (Å²) in [4.78, 5) is 29.8. The van der Waals surface area contributed by atoms with E-state index < -0.39 is 24.4 Å². The summed E-state index contributed by atoms with van der Waals surface area (Å²) < 4.78 is 59.0. The molecule has 1 amide bonds. The fourth-order valence-corrected chi connectivity index (χ4v) is 3.62. The van der Waals surface area contributed by atoms with Crippen LogP contribution in [0.5, 0.6) is 0 Å². The van der Waals surface area contributed by atoms with E-state index in [0.717, 1.165) is 31.6 Å². The number of carboxylic acid groups (broad SMARTS) is 1. The van der Waals surface area contributed by atoms with Crippen LogP contribution in [-0.4, -0.2) is 73.8 Å². The SMILES string of the molecule is CN(C(=O)c1ccc2nnc(C(F)F)n2c1)C1CCN(c2ccncc2)CC1.O=C(O)C(F)(F)F. The van der Waals surface area contributed by atoms with Crippen molar-refractivity contribution in [1.29, 1.82) is 0 Å². The Kier molecular flexibility index (Phi) is 7.82. The fraction of sp³-hybridized carbons (Fsp3) is 0.381. The number of anilines is 1. The number of amides is 1. The Bertz CT molecular complexity index is 1160. The first kappa shape index (κ1) is 25.8. The minimum absolute atomic E-state index is 0.0942. The highest BCUT2D eigenvalue weighted by Crippen LogP contribution is 2.23. The van der Waals surface area contributed by atoms with Crippen LogP contribution in [0, 0.1) is 0 Å². The van der Waals surface area contributed by atoms with Crippen LogP contribution in [-0.2, 0) is 4.79 Å². The zero-order valence-electron chi connectivity index (χ0n) is 18.4. The van der Waals surface area contributed by atoms with E-state index in [-0.39, 0.29) is 11.9 Å². The second-order valence-electron chi connectivity index (χ2n) is 7.65. The van der Waals surface area contributed by atoms with Crippen LogP contribution in [0.3, 0.4) is 0 Å². The van der Waals surface area contributed by atoms with E-state index in [1.807, 2.05) is 12.1 Å². The first-order valence-electron chi connectivity index (χ1n) is 10.3. The Hall–Kier alpha value is -3.84. The highest BCUT2D eigenvalue weighted by Gasteiger charge is 2.38. The molecule has 3 aromatic heterocycles. The quantitative estimate of drug-likeness (QED) is 0.548. The summed E-state index contributed by atoms with van der Waals surface area (Å²) in [7, 11) is 1.76. The van der Waals surface area contributed by atoms with Gasteiger partial charge in [-0.25, -0.2) is 13.6 Å². The second-order valence-corrected chi connectivity index (χ2v) is 7.65. The van der Waals surface area contributed by atoms with Gasteiger partial charge in [-0.05, 0) is 37.1 Å². The number of aromatic nitrogens is 4. The molecule has 188 valence electrons. The number of nitrogens with zero attached hydrogens (tertiary/aromatic N) is 6. The maximum Gasteiger partial charge on any atom is 0.490 e. The van der Waals surface area contributed by atoms with Crippen LogP contribution in [0.2, 0.25) is 0 Å². The van der Waals surface area contributed by atoms with Gasteiger partial charge in [0, 0.05) is 50.5 Å². The molecule has 9 nitrogen and oxygen atoms in total. The first-order valence-corrected chi connectivity index (χ1v) is 10.3. The van der Waals surface area contributed by atoms with E-state index in [2.05, 4.69) is 20.1 Å². The molecule has 0 aromatic carbocycles. The van der Waals surface area contributed by atoms with Gasteiger partial charge >= 0.3 is 12.1 Å². The molecule has 35 heavy (non-hydrogen) atoms. The van der Waals surface area contributed by atoms with Crippen molar-refractivity contribution in [2.45, 2.75) is 31.5 Å². The highest BCUT2D eigenvalue weighted by molar-refractivity contribution is 5.94. The van der Waals surface area contributed by atoms with Crippen molar-refractivity contribution < 1.29 is 36.6 Å². The Morgan fingerprint density at radius 1 is 1.09 bits per heavy atom. The molecule has 1 saturated heterocycles. The molecule has 1 fully saturated rings. The molecule has 0 spiro atoms. The van der Waals surface area contributed by atoms with E-state index in [9.17, 15) is 26.7 Å². The Morgan fingerprint density at radius 2 is 1.69 bits per heavy atom. The van der Waals surface area contributed by atoms with Crippen LogP contribution < -0.4 is 4.90 Å². The molecule has 4 rings (SSSR count). The number of aliphatic carboxylic acids is 1. The molecular weight excluding hydrogens is 479 g/mol. The van der Waals surface area contributed by atoms with Gasteiger partial charge in [-0.1, -0.05) is 0 Å². The van der Waals surface area contributed by atoms with Gasteiger partial charge in [-0.15, -0.1) is 10.2 Å². The molecule has 14 heteroatoms. The molecule has 0 unspecified atom stereocenters. The lowest BCUT2D eigenvalue weighted by atomic mass is 10.0. The van der Waals surface area contributed by atoms with Gasteiger partial charge in [0.05, 0.1) is 5.56 Å². The van der Waals surface area contributed by atoms with E-state index in [0.29, 0.717) is 11.2 Å². The van der Waals surface area contributed by atoms with E-state index in [1.54, 1.807) is 30.4 Å². The van der Waals surface area contributed by atoms with Gasteiger partial charge in [0.2, 0.25) is 5.82 Å². The molecular formula is C21H21F5N6O3. The van der Waals surface area contributed by atoms with E-state index in [4.69, 9.17) is 9.90 Å². The van der Waals surface area contributed by atoms with Crippen molar-refractivity contribution in [3.05, 3.63) is 54.2 Å². The summed E-state index contributed by atoms with van der Waals surface area (Å²) in [6, 6.07) is 7.18. The molecule has 1 N–H and O–H groups in total. The minimum atomic E-state index is -5.08. The number of hydrogen-bond acceptors (Lipinski definition) is 6. The predicted octanol–water partition coefficient (Wildman–Crippen LogP) is 3.44. The van der Waals surface area contributed by atoms with Crippen LogP contribution in [0.25, 0.3) is 5.65 Å². The van der Waals surface area contributed by atoms with Crippen LogP contribution >= 0.6 is 0 Å². The number of fused-ring (bicyclic) bond motifs is 1. The second kappa shape index (κ2) is 10.6. The van der Waals surface area contributed by atoms with E-state index >= 15 is 0 Å². The Labute approximate surface area is 195 Å². The number of carboxylic acids is 1. The van der Waals surface area contributed by atoms with Gasteiger partial charge in [0.15, 0.2) is 5.65 Å². The van der Waals surface area contributed by atoms with Crippen LogP contribution in [0.1, 0.15) is 35.4 Å². The Morgan fingerprint density at radius 3 is 2.23 bits per heavy atom. The van der Waals surface area contributed by atoms with Crippen molar-refractivity contribution in [3.8, 4) is 0 Å². The highest BCUT2D eigenvalue weighted by atomic mass is 19.4. The Balaban J connectivity index is 0.000000429. The lowest BCUT2D eigenvalue weighted by Crippen LogP contribution is -2.45. The van der Waals surface area contributed by atoms with Crippen molar-refractivity contribution in [1.82, 2.24) is 24.5 Å². The summed E-state index contributed by atoms with van der Waals surface area (Å²) >= 11 is 0. The van der Waals surface area contributed by atoms with E-state index in [1.165, 1.54) is 16.7 Å². The lowest BCUT2D eigenvalue weighted by Gasteiger charge is -2.37. The fourth-order valence-electron chi connectivity index (χ4n) is 3.62. The van der Waals surface area contributed by atoms with Gasteiger partial charge in [-0.2, -0.15) is 13.2 Å². The zero-order valence-corrected chi connectivity index (χ0v) is 18.4. The molecule has 0 bridgehead atoms. The summed E-state index contributed by atoms with van der Waals surface area (Å²) in [6.07, 6.45) is -1.24. The molecule has 0 radical (unpaired) electrons. The number of piperidine rings is 1. The largest absolute Gasteiger partial charge is 0.490 e. The lowest BCUT2D eigenvalue weighted by molar-refractivity contribution is -0.192. The summed E-state index contributed by atoms with van der Waals surface area (Å²) in [5, 5.41) is 14.3. The number of pyridine rings is 2. The summed E-state index contributed by atoms with van der Waals surface area (Å²) in [6.45, 7) is 1.68. The summed E-state index contributed by atoms with van der Waals surface area (Å²) in [5.41, 5.74) is 1.76. The summed E-state index contributed by atoms with van der Waals surface area (Å²) in [5.74, 6) is -3.41. The molecule has 0 saturated carbocycles. The number of carbonyl (C=O) groups is 2. The molecule has 4 heterocycles. The van der Waals surface area contributed by atoms with Gasteiger partial charge in [0.25, 0.3) is 12.3 Å². The standard InChI is InChI=1S/C19H20F2N6O.C2HF3O2/c1-25(14-6-10-26(11-7-14)15-4-8-22-9-5-15)19(28)13-2-3-16-23-24-18(17(20)21)27(16)12-13;3-2(4,5)1(6)7/h2-5,8-9,12,14,17H,6-7,10-11H2,1H3;(H,6,7). The number of rotatable bonds is 4. The zero-order chi connectivity index (χ0) is 25.8. The maximum atomic E-state index is 13.1. The first-order chi connectivity index (χ1) is 16.5. The third-order valence-corrected chi connectivity index (χ3v) is 5.47. The van der Waals surface area contributed by atoms with Crippen molar-refractivity contribution in [2.75, 3.05) is 25.0 Å². The third kappa shape index (κ3) is 6.19. The average molecular weight is 500 g/mol. The number of hydrogen-bond donors (Lipinski definition) is 1. The molecule has 1 aliphatic rings. The van der Waals surface area contributed by atoms with Crippen molar-refractivity contribution in [3.63, 3.8) is 0 Å². The predicted molar refractivity (Wildman–Crippen MR) is 113 cm³/mol. The number of halogens is 5. The van der Waals surface area contributed by atoms with Crippen LogP contribution in [0.15, 0.2) is 42.9 Å². The monoisotopic (exact) mass is 500 g/mol. The minimum Gasteiger partial charge on any atom is -0.475 e. The normalized spacial score (nSPS) is 14.5. The van der Waals surface area contributed by atoms with Gasteiger partial charge in [-0.3, -0.25) is 14.2 Å². The molecule has 3 aromatic rings. The number of carbonyl (C=O) groups excluding carboxylic acids is 1. The molecule has 0 atom stereocenters. The van der Waals surface area contributed by atoms with Gasteiger partial charge in [0.1, 0.15) is 0 Å². The third-order valence-electron chi connectivity index (χ3n) is 5.47. The molecule has 0 aliphatic carbocycles. The topological polar surface area (TPSA) is 104 Å². The van der Waals surface area contributed by atoms with Crippen molar-refractivity contribution >= 4 is 23.2 Å². The average Bonchev–Trinajstić information content (AvgIpc) is 3.27. The molecule has 1 aliphatic heterocycles. The smallest absolute Gasteiger partial charge is 0.475 e. The van der Waals surface area contributed by atoms with Crippen LogP contribution in [0.4, 0.5) is 27.6 Å². The maximum absolute atomic E-state index is 13.1.